The van der Waals surface area contributed by atoms with E-state index in [9.17, 15) is 9.90 Å². The van der Waals surface area contributed by atoms with E-state index < -0.39 is 0 Å². The molecule has 30 heavy (non-hydrogen) atoms. The monoisotopic (exact) mass is 401 g/mol. The first-order chi connectivity index (χ1) is 14.5. The Hall–Kier alpha value is -3.80. The minimum Gasteiger partial charge on any atom is -0.507 e. The molecule has 1 aromatic heterocycles. The molecule has 1 amide bonds. The number of aromatic hydroxyl groups is 1. The molecule has 2 heterocycles. The van der Waals surface area contributed by atoms with Gasteiger partial charge in [0.15, 0.2) is 0 Å². The lowest BCUT2D eigenvalue weighted by atomic mass is 9.95. The molecule has 0 saturated heterocycles. The van der Waals surface area contributed by atoms with Gasteiger partial charge in [-0.05, 0) is 36.8 Å². The number of ether oxygens (including phenoxy) is 1. The standard InChI is InChI=1S/C24H23N3O3/c1-4-11-27-23(16-7-6-8-17(14-16)30-12-5-2)20-21(25-26-22(20)24(27)29)18-13-15(3)9-10-19(18)28/h4-10,13-14,23,28H,1-2,11-12H2,3H3,(H,25,26)/t23-/m0/s1. The Morgan fingerprint density at radius 3 is 2.83 bits per heavy atom. The fraction of sp³-hybridized carbons (Fsp3) is 0.167. The number of carbonyl (C=O) groups is 1. The molecule has 0 bridgehead atoms. The summed E-state index contributed by atoms with van der Waals surface area (Å²) in [6, 6.07) is 12.6. The average Bonchev–Trinajstić information content (AvgIpc) is 3.28. The van der Waals surface area contributed by atoms with Gasteiger partial charge in [-0.2, -0.15) is 5.10 Å². The molecular weight excluding hydrogens is 378 g/mol. The van der Waals surface area contributed by atoms with Gasteiger partial charge in [0.2, 0.25) is 0 Å². The zero-order valence-corrected chi connectivity index (χ0v) is 16.8. The number of H-pyrrole nitrogens is 1. The molecule has 0 fully saturated rings. The summed E-state index contributed by atoms with van der Waals surface area (Å²) in [5.41, 5.74) is 4.20. The van der Waals surface area contributed by atoms with Gasteiger partial charge in [-0.1, -0.05) is 42.5 Å². The van der Waals surface area contributed by atoms with E-state index in [-0.39, 0.29) is 17.7 Å². The summed E-state index contributed by atoms with van der Waals surface area (Å²) in [5, 5.41) is 17.8. The second kappa shape index (κ2) is 7.91. The van der Waals surface area contributed by atoms with Crippen LogP contribution in [0.1, 0.15) is 33.2 Å². The predicted octanol–water partition coefficient (Wildman–Crippen LogP) is 4.39. The Morgan fingerprint density at radius 1 is 1.23 bits per heavy atom. The fourth-order valence-corrected chi connectivity index (χ4v) is 3.85. The lowest BCUT2D eigenvalue weighted by molar-refractivity contribution is 0.0764. The number of benzene rings is 2. The average molecular weight is 401 g/mol. The number of hydrogen-bond acceptors (Lipinski definition) is 4. The topological polar surface area (TPSA) is 78.5 Å². The van der Waals surface area contributed by atoms with Crippen molar-refractivity contribution in [2.24, 2.45) is 0 Å². The number of nitrogens with one attached hydrogen (secondary N) is 1. The van der Waals surface area contributed by atoms with Crippen LogP contribution in [-0.2, 0) is 0 Å². The number of carbonyl (C=O) groups excluding carboxylic acids is 1. The number of rotatable bonds is 7. The van der Waals surface area contributed by atoms with Crippen LogP contribution in [0.4, 0.5) is 0 Å². The van der Waals surface area contributed by atoms with Crippen molar-refractivity contribution in [1.82, 2.24) is 15.1 Å². The SMILES string of the molecule is C=CCOc1cccc([C@H]2c3c(-c4cc(C)ccc4O)n[nH]c3C(=O)N2CC=C)c1. The maximum atomic E-state index is 13.1. The van der Waals surface area contributed by atoms with Crippen LogP contribution in [0.25, 0.3) is 11.3 Å². The maximum Gasteiger partial charge on any atom is 0.273 e. The predicted molar refractivity (Wildman–Crippen MR) is 116 cm³/mol. The van der Waals surface area contributed by atoms with Crippen LogP contribution >= 0.6 is 0 Å². The number of phenolic OH excluding ortho intramolecular Hbond substituents is 1. The summed E-state index contributed by atoms with van der Waals surface area (Å²) in [5.74, 6) is 0.653. The Kier molecular flexibility index (Phi) is 5.14. The van der Waals surface area contributed by atoms with Crippen LogP contribution < -0.4 is 4.74 Å². The largest absolute Gasteiger partial charge is 0.507 e. The van der Waals surface area contributed by atoms with Gasteiger partial charge in [-0.25, -0.2) is 0 Å². The Labute approximate surface area is 175 Å². The molecule has 152 valence electrons. The summed E-state index contributed by atoms with van der Waals surface area (Å²) in [4.78, 5) is 14.9. The van der Waals surface area contributed by atoms with Gasteiger partial charge in [0.25, 0.3) is 5.91 Å². The molecule has 1 aliphatic heterocycles. The van der Waals surface area contributed by atoms with Crippen LogP contribution in [0.15, 0.2) is 67.8 Å². The van der Waals surface area contributed by atoms with Gasteiger partial charge in [-0.15, -0.1) is 6.58 Å². The highest BCUT2D eigenvalue weighted by Gasteiger charge is 2.42. The number of nitrogens with zero attached hydrogens (tertiary/aromatic N) is 2. The number of fused-ring (bicyclic) bond motifs is 1. The van der Waals surface area contributed by atoms with E-state index in [1.807, 2.05) is 43.3 Å². The quantitative estimate of drug-likeness (QED) is 0.576. The minimum absolute atomic E-state index is 0.117. The highest BCUT2D eigenvalue weighted by molar-refractivity contribution is 6.00. The van der Waals surface area contributed by atoms with E-state index in [0.29, 0.717) is 35.9 Å². The number of aromatic nitrogens is 2. The van der Waals surface area contributed by atoms with Crippen molar-refractivity contribution < 1.29 is 14.6 Å². The molecule has 2 N–H and O–H groups in total. The van der Waals surface area contributed by atoms with Gasteiger partial charge >= 0.3 is 0 Å². The molecular formula is C24H23N3O3. The van der Waals surface area contributed by atoms with Crippen molar-refractivity contribution >= 4 is 5.91 Å². The first kappa shape index (κ1) is 19.5. The third-order valence-corrected chi connectivity index (χ3v) is 5.14. The molecule has 6 nitrogen and oxygen atoms in total. The molecule has 0 aliphatic carbocycles. The van der Waals surface area contributed by atoms with Crippen molar-refractivity contribution in [2.45, 2.75) is 13.0 Å². The van der Waals surface area contributed by atoms with Crippen molar-refractivity contribution in [2.75, 3.05) is 13.2 Å². The maximum absolute atomic E-state index is 13.1. The Bertz CT molecular complexity index is 1130. The van der Waals surface area contributed by atoms with Gasteiger partial charge in [0, 0.05) is 17.7 Å². The summed E-state index contributed by atoms with van der Waals surface area (Å²) < 4.78 is 5.69. The normalized spacial score (nSPS) is 15.2. The van der Waals surface area contributed by atoms with Crippen molar-refractivity contribution in [1.29, 1.82) is 0 Å². The number of aromatic amines is 1. The highest BCUT2D eigenvalue weighted by Crippen LogP contribution is 2.45. The van der Waals surface area contributed by atoms with E-state index in [2.05, 4.69) is 23.4 Å². The Balaban J connectivity index is 1.88. The van der Waals surface area contributed by atoms with Crippen molar-refractivity contribution in [3.63, 3.8) is 0 Å². The number of phenols is 1. The van der Waals surface area contributed by atoms with Crippen molar-refractivity contribution in [3.8, 4) is 22.8 Å². The summed E-state index contributed by atoms with van der Waals surface area (Å²) in [6.45, 7) is 10.2. The number of aryl methyl sites for hydroxylation is 1. The molecule has 0 radical (unpaired) electrons. The smallest absolute Gasteiger partial charge is 0.273 e. The zero-order valence-electron chi connectivity index (χ0n) is 16.8. The zero-order chi connectivity index (χ0) is 21.3. The molecule has 1 aliphatic rings. The molecule has 2 aromatic carbocycles. The number of hydrogen-bond donors (Lipinski definition) is 2. The van der Waals surface area contributed by atoms with Crippen LogP contribution in [0, 0.1) is 6.92 Å². The summed E-state index contributed by atoms with van der Waals surface area (Å²) in [6.07, 6.45) is 3.38. The Morgan fingerprint density at radius 2 is 2.07 bits per heavy atom. The van der Waals surface area contributed by atoms with E-state index in [0.717, 1.165) is 16.7 Å². The summed E-state index contributed by atoms with van der Waals surface area (Å²) in [7, 11) is 0. The van der Waals surface area contributed by atoms with E-state index in [1.54, 1.807) is 23.1 Å². The van der Waals surface area contributed by atoms with Crippen LogP contribution in [0.5, 0.6) is 11.5 Å². The van der Waals surface area contributed by atoms with E-state index in [4.69, 9.17) is 4.74 Å². The second-order valence-electron chi connectivity index (χ2n) is 7.20. The number of amides is 1. The lowest BCUT2D eigenvalue weighted by Gasteiger charge is -2.25. The van der Waals surface area contributed by atoms with Crippen LogP contribution in [0.2, 0.25) is 0 Å². The van der Waals surface area contributed by atoms with E-state index in [1.165, 1.54) is 0 Å². The van der Waals surface area contributed by atoms with Gasteiger partial charge < -0.3 is 14.7 Å². The minimum atomic E-state index is -0.383. The van der Waals surface area contributed by atoms with E-state index >= 15 is 0 Å². The molecule has 0 spiro atoms. The first-order valence-electron chi connectivity index (χ1n) is 9.69. The second-order valence-corrected chi connectivity index (χ2v) is 7.20. The molecule has 1 atom stereocenters. The van der Waals surface area contributed by atoms with Crippen LogP contribution in [-0.4, -0.2) is 39.3 Å². The lowest BCUT2D eigenvalue weighted by Crippen LogP contribution is -2.29. The molecule has 0 unspecified atom stereocenters. The molecule has 4 rings (SSSR count). The van der Waals surface area contributed by atoms with Gasteiger partial charge in [0.05, 0.1) is 6.04 Å². The highest BCUT2D eigenvalue weighted by atomic mass is 16.5. The van der Waals surface area contributed by atoms with Gasteiger partial charge in [-0.3, -0.25) is 9.89 Å². The molecule has 0 saturated carbocycles. The molecule has 6 heteroatoms. The first-order valence-corrected chi connectivity index (χ1v) is 9.69. The van der Waals surface area contributed by atoms with Crippen molar-refractivity contribution in [3.05, 3.63) is 90.2 Å². The third kappa shape index (κ3) is 3.26. The fourth-order valence-electron chi connectivity index (χ4n) is 3.85. The van der Waals surface area contributed by atoms with Gasteiger partial charge in [0.1, 0.15) is 29.5 Å². The summed E-state index contributed by atoms with van der Waals surface area (Å²) >= 11 is 0. The third-order valence-electron chi connectivity index (χ3n) is 5.14. The molecule has 3 aromatic rings. The van der Waals surface area contributed by atoms with Crippen LogP contribution in [0.3, 0.4) is 0 Å².